The highest BCUT2D eigenvalue weighted by molar-refractivity contribution is 9.10. The molecule has 0 atom stereocenters. The number of nitrogen functional groups attached to an aromatic ring is 1. The van der Waals surface area contributed by atoms with Gasteiger partial charge in [0.2, 0.25) is 0 Å². The molecular formula is C7H8BrNO3S. The first kappa shape index (κ1) is 10.5. The zero-order valence-corrected chi connectivity index (χ0v) is 9.18. The lowest BCUT2D eigenvalue weighted by Crippen LogP contribution is -2.04. The molecule has 0 saturated heterocycles. The summed E-state index contributed by atoms with van der Waals surface area (Å²) in [7, 11) is -4.23. The first-order chi connectivity index (χ1) is 5.82. The maximum atomic E-state index is 10.8. The van der Waals surface area contributed by atoms with E-state index in [1.807, 2.05) is 0 Å². The Hall–Kier alpha value is -0.590. The third-order valence-corrected chi connectivity index (χ3v) is 3.06. The first-order valence-corrected chi connectivity index (χ1v) is 5.59. The van der Waals surface area contributed by atoms with Crippen LogP contribution in [0.4, 0.5) is 5.69 Å². The Morgan fingerprint density at radius 2 is 2.00 bits per heavy atom. The van der Waals surface area contributed by atoms with Crippen LogP contribution in [0.15, 0.2) is 21.5 Å². The van der Waals surface area contributed by atoms with Crippen molar-refractivity contribution in [1.82, 2.24) is 0 Å². The lowest BCUT2D eigenvalue weighted by Gasteiger charge is -2.05. The highest BCUT2D eigenvalue weighted by Crippen LogP contribution is 2.28. The predicted octanol–water partition coefficient (Wildman–Crippen LogP) is 1.59. The topological polar surface area (TPSA) is 80.4 Å². The smallest absolute Gasteiger partial charge is 0.296 e. The Kier molecular flexibility index (Phi) is 2.65. The molecule has 0 spiro atoms. The van der Waals surface area contributed by atoms with E-state index in [9.17, 15) is 8.42 Å². The van der Waals surface area contributed by atoms with Crippen LogP contribution in [0.1, 0.15) is 5.56 Å². The van der Waals surface area contributed by atoms with Gasteiger partial charge in [-0.3, -0.25) is 4.55 Å². The molecule has 0 fully saturated rings. The fourth-order valence-electron chi connectivity index (χ4n) is 0.935. The third kappa shape index (κ3) is 2.20. The summed E-state index contributed by atoms with van der Waals surface area (Å²) in [6.07, 6.45) is 0. The Morgan fingerprint density at radius 1 is 1.46 bits per heavy atom. The van der Waals surface area contributed by atoms with Crippen LogP contribution in [0, 0.1) is 6.92 Å². The minimum atomic E-state index is -4.23. The summed E-state index contributed by atoms with van der Waals surface area (Å²) < 4.78 is 30.9. The van der Waals surface area contributed by atoms with E-state index >= 15 is 0 Å². The van der Waals surface area contributed by atoms with Gasteiger partial charge in [-0.2, -0.15) is 8.42 Å². The molecule has 0 aliphatic heterocycles. The second-order valence-electron chi connectivity index (χ2n) is 2.63. The van der Waals surface area contributed by atoms with E-state index in [4.69, 9.17) is 10.3 Å². The number of hydrogen-bond acceptors (Lipinski definition) is 3. The van der Waals surface area contributed by atoms with E-state index in [0.717, 1.165) is 0 Å². The second-order valence-corrected chi connectivity index (χ2v) is 4.88. The number of aryl methyl sites for hydroxylation is 1. The van der Waals surface area contributed by atoms with Gasteiger partial charge in [0.05, 0.1) is 5.69 Å². The molecule has 3 N–H and O–H groups in total. The number of nitrogens with two attached hydrogens (primary N) is 1. The van der Waals surface area contributed by atoms with Crippen LogP contribution in [-0.4, -0.2) is 13.0 Å². The summed E-state index contributed by atoms with van der Waals surface area (Å²) >= 11 is 3.09. The van der Waals surface area contributed by atoms with E-state index < -0.39 is 10.1 Å². The van der Waals surface area contributed by atoms with E-state index in [1.165, 1.54) is 6.07 Å². The molecule has 0 aliphatic carbocycles. The van der Waals surface area contributed by atoms with Crippen molar-refractivity contribution in [3.63, 3.8) is 0 Å². The molecule has 0 heterocycles. The zero-order valence-electron chi connectivity index (χ0n) is 6.78. The number of rotatable bonds is 1. The predicted molar refractivity (Wildman–Crippen MR) is 53.1 cm³/mol. The molecule has 0 aromatic heterocycles. The van der Waals surface area contributed by atoms with Crippen LogP contribution in [0.5, 0.6) is 0 Å². The van der Waals surface area contributed by atoms with Gasteiger partial charge < -0.3 is 5.73 Å². The van der Waals surface area contributed by atoms with E-state index in [1.54, 1.807) is 13.0 Å². The SMILES string of the molecule is Cc1cc(Br)c(N)c(S(=O)(=O)O)c1. The summed E-state index contributed by atoms with van der Waals surface area (Å²) in [5.74, 6) is 0. The second kappa shape index (κ2) is 3.28. The molecule has 6 heteroatoms. The zero-order chi connectivity index (χ0) is 10.2. The van der Waals surface area contributed by atoms with Gasteiger partial charge in [-0.05, 0) is 40.5 Å². The van der Waals surface area contributed by atoms with Crippen molar-refractivity contribution in [2.24, 2.45) is 0 Å². The fraction of sp³-hybridized carbons (Fsp3) is 0.143. The monoisotopic (exact) mass is 265 g/mol. The van der Waals surface area contributed by atoms with Crippen molar-refractivity contribution in [2.45, 2.75) is 11.8 Å². The molecule has 0 bridgehead atoms. The Labute approximate surface area is 84.6 Å². The summed E-state index contributed by atoms with van der Waals surface area (Å²) in [6.45, 7) is 1.71. The third-order valence-electron chi connectivity index (χ3n) is 1.51. The quantitative estimate of drug-likeness (QED) is 0.597. The van der Waals surface area contributed by atoms with Gasteiger partial charge in [-0.25, -0.2) is 0 Å². The van der Waals surface area contributed by atoms with Crippen LogP contribution >= 0.6 is 15.9 Å². The molecule has 4 nitrogen and oxygen atoms in total. The molecule has 13 heavy (non-hydrogen) atoms. The van der Waals surface area contributed by atoms with Crippen molar-refractivity contribution < 1.29 is 13.0 Å². The van der Waals surface area contributed by atoms with Crippen molar-refractivity contribution in [1.29, 1.82) is 0 Å². The molecule has 0 unspecified atom stereocenters. The maximum absolute atomic E-state index is 10.8. The largest absolute Gasteiger partial charge is 0.397 e. The molecule has 0 amide bonds. The lowest BCUT2D eigenvalue weighted by atomic mass is 10.2. The highest BCUT2D eigenvalue weighted by atomic mass is 79.9. The van der Waals surface area contributed by atoms with Crippen LogP contribution in [-0.2, 0) is 10.1 Å². The fourth-order valence-corrected chi connectivity index (χ4v) is 2.36. The summed E-state index contributed by atoms with van der Waals surface area (Å²) in [5.41, 5.74) is 6.18. The van der Waals surface area contributed by atoms with Gasteiger partial charge in [-0.15, -0.1) is 0 Å². The van der Waals surface area contributed by atoms with E-state index in [2.05, 4.69) is 15.9 Å². The summed E-state index contributed by atoms with van der Waals surface area (Å²) in [6, 6.07) is 2.99. The Balaban J connectivity index is 3.56. The molecular weight excluding hydrogens is 258 g/mol. The molecule has 1 aromatic rings. The number of halogens is 1. The summed E-state index contributed by atoms with van der Waals surface area (Å²) in [4.78, 5) is -0.264. The molecule has 0 radical (unpaired) electrons. The average molecular weight is 266 g/mol. The van der Waals surface area contributed by atoms with Crippen molar-refractivity contribution in [2.75, 3.05) is 5.73 Å². The number of hydrogen-bond donors (Lipinski definition) is 2. The minimum absolute atomic E-state index is 0.0214. The van der Waals surface area contributed by atoms with E-state index in [-0.39, 0.29) is 10.6 Å². The number of benzene rings is 1. The van der Waals surface area contributed by atoms with Gasteiger partial charge >= 0.3 is 0 Å². The molecule has 1 aromatic carbocycles. The van der Waals surface area contributed by atoms with Crippen LogP contribution in [0.2, 0.25) is 0 Å². The van der Waals surface area contributed by atoms with Crippen molar-refractivity contribution >= 4 is 31.7 Å². The van der Waals surface area contributed by atoms with Crippen LogP contribution in [0.25, 0.3) is 0 Å². The molecule has 0 aliphatic rings. The van der Waals surface area contributed by atoms with Gasteiger partial charge in [0.15, 0.2) is 0 Å². The standard InChI is InChI=1S/C7H8BrNO3S/c1-4-2-5(8)7(9)6(3-4)13(10,11)12/h2-3H,9H2,1H3,(H,10,11,12). The van der Waals surface area contributed by atoms with Crippen LogP contribution < -0.4 is 5.73 Å². The molecule has 1 rings (SSSR count). The molecule has 72 valence electrons. The molecule has 0 saturated carbocycles. The van der Waals surface area contributed by atoms with Gasteiger partial charge in [0.25, 0.3) is 10.1 Å². The minimum Gasteiger partial charge on any atom is -0.397 e. The summed E-state index contributed by atoms with van der Waals surface area (Å²) in [5, 5.41) is 0. The normalized spacial score (nSPS) is 11.6. The highest BCUT2D eigenvalue weighted by Gasteiger charge is 2.16. The number of anilines is 1. The van der Waals surface area contributed by atoms with Crippen molar-refractivity contribution in [3.05, 3.63) is 22.2 Å². The maximum Gasteiger partial charge on any atom is 0.296 e. The van der Waals surface area contributed by atoms with Gasteiger partial charge in [-0.1, -0.05) is 0 Å². The first-order valence-electron chi connectivity index (χ1n) is 3.35. The van der Waals surface area contributed by atoms with Gasteiger partial charge in [0.1, 0.15) is 4.90 Å². The van der Waals surface area contributed by atoms with Gasteiger partial charge in [0, 0.05) is 4.47 Å². The average Bonchev–Trinajstić information content (AvgIpc) is 1.94. The van der Waals surface area contributed by atoms with E-state index in [0.29, 0.717) is 10.0 Å². The Bertz CT molecular complexity index is 441. The van der Waals surface area contributed by atoms with Crippen LogP contribution in [0.3, 0.4) is 0 Å². The Morgan fingerprint density at radius 3 is 2.46 bits per heavy atom. The van der Waals surface area contributed by atoms with Crippen molar-refractivity contribution in [3.8, 4) is 0 Å². The lowest BCUT2D eigenvalue weighted by molar-refractivity contribution is 0.483.